The Bertz CT molecular complexity index is 563. The number of piperidine rings is 1. The predicted molar refractivity (Wildman–Crippen MR) is 67.4 cm³/mol. The van der Waals surface area contributed by atoms with Crippen LogP contribution in [0.15, 0.2) is 12.1 Å². The zero-order chi connectivity index (χ0) is 14.9. The molecule has 0 N–H and O–H groups in total. The van der Waals surface area contributed by atoms with Crippen molar-refractivity contribution in [1.82, 2.24) is 4.90 Å². The molecule has 1 amide bonds. The van der Waals surface area contributed by atoms with Crippen LogP contribution in [0, 0.1) is 21.7 Å². The van der Waals surface area contributed by atoms with Crippen LogP contribution in [-0.2, 0) is 0 Å². The third kappa shape index (κ3) is 2.61. The Hall–Kier alpha value is -2.05. The standard InChI is InChI=1S/C13H14F2N2O3/c1-8-4-2-3-5-16(8)13(18)10-6-9(14)7-11(12(10)15)17(19)20/h6-8H,2-5H2,1H3. The molecular formula is C13H14F2N2O3. The molecule has 0 bridgehead atoms. The molecule has 5 nitrogen and oxygen atoms in total. The lowest BCUT2D eigenvalue weighted by Crippen LogP contribution is -2.42. The van der Waals surface area contributed by atoms with Crippen LogP contribution >= 0.6 is 0 Å². The number of halogens is 2. The lowest BCUT2D eigenvalue weighted by Gasteiger charge is -2.33. The smallest absolute Gasteiger partial charge is 0.308 e. The molecule has 1 aromatic rings. The second-order valence-corrected chi connectivity index (χ2v) is 4.89. The number of benzene rings is 1. The predicted octanol–water partition coefficient (Wildman–Crippen LogP) is 2.89. The molecule has 1 atom stereocenters. The number of amides is 1. The van der Waals surface area contributed by atoms with Crippen molar-refractivity contribution < 1.29 is 18.5 Å². The van der Waals surface area contributed by atoms with Crippen molar-refractivity contribution in [3.63, 3.8) is 0 Å². The van der Waals surface area contributed by atoms with Crippen LogP contribution in [0.5, 0.6) is 0 Å². The number of nitro groups is 1. The molecule has 1 aromatic carbocycles. The zero-order valence-electron chi connectivity index (χ0n) is 10.9. The highest BCUT2D eigenvalue weighted by atomic mass is 19.1. The van der Waals surface area contributed by atoms with E-state index in [4.69, 9.17) is 0 Å². The summed E-state index contributed by atoms with van der Waals surface area (Å²) in [4.78, 5) is 23.3. The van der Waals surface area contributed by atoms with Gasteiger partial charge in [-0.3, -0.25) is 14.9 Å². The molecule has 108 valence electrons. The average molecular weight is 284 g/mol. The summed E-state index contributed by atoms with van der Waals surface area (Å²) in [6.07, 6.45) is 2.54. The summed E-state index contributed by atoms with van der Waals surface area (Å²) in [6.45, 7) is 2.27. The van der Waals surface area contributed by atoms with Crippen molar-refractivity contribution in [2.45, 2.75) is 32.2 Å². The van der Waals surface area contributed by atoms with E-state index >= 15 is 0 Å². The van der Waals surface area contributed by atoms with E-state index in [1.165, 1.54) is 4.90 Å². The minimum Gasteiger partial charge on any atom is -0.336 e. The quantitative estimate of drug-likeness (QED) is 0.619. The van der Waals surface area contributed by atoms with E-state index in [9.17, 15) is 23.7 Å². The molecule has 1 unspecified atom stereocenters. The Balaban J connectivity index is 2.41. The summed E-state index contributed by atoms with van der Waals surface area (Å²) in [5, 5.41) is 10.7. The number of likely N-dealkylation sites (tertiary alicyclic amines) is 1. The summed E-state index contributed by atoms with van der Waals surface area (Å²) < 4.78 is 27.3. The van der Waals surface area contributed by atoms with Crippen molar-refractivity contribution in [1.29, 1.82) is 0 Å². The topological polar surface area (TPSA) is 63.5 Å². The fourth-order valence-corrected chi connectivity index (χ4v) is 2.42. The molecule has 0 saturated carbocycles. The summed E-state index contributed by atoms with van der Waals surface area (Å²) in [5.74, 6) is -2.97. The fourth-order valence-electron chi connectivity index (χ4n) is 2.42. The Morgan fingerprint density at radius 2 is 2.10 bits per heavy atom. The molecule has 0 aromatic heterocycles. The van der Waals surface area contributed by atoms with Gasteiger partial charge in [-0.15, -0.1) is 0 Å². The molecule has 7 heteroatoms. The van der Waals surface area contributed by atoms with Crippen LogP contribution in [0.3, 0.4) is 0 Å². The first kappa shape index (κ1) is 14.4. The highest BCUT2D eigenvalue weighted by Gasteiger charge is 2.30. The third-order valence-electron chi connectivity index (χ3n) is 3.51. The summed E-state index contributed by atoms with van der Waals surface area (Å²) in [6, 6.07) is 1.11. The van der Waals surface area contributed by atoms with Gasteiger partial charge >= 0.3 is 5.69 Å². The van der Waals surface area contributed by atoms with Crippen LogP contribution in [-0.4, -0.2) is 28.3 Å². The van der Waals surface area contributed by atoms with Gasteiger partial charge in [0.05, 0.1) is 16.6 Å². The summed E-state index contributed by atoms with van der Waals surface area (Å²) in [7, 11) is 0. The van der Waals surface area contributed by atoms with Gasteiger partial charge in [0.1, 0.15) is 5.82 Å². The minimum atomic E-state index is -1.28. The largest absolute Gasteiger partial charge is 0.336 e. The lowest BCUT2D eigenvalue weighted by molar-refractivity contribution is -0.387. The number of nitro benzene ring substituents is 1. The number of carbonyl (C=O) groups is 1. The molecule has 0 aliphatic carbocycles. The number of rotatable bonds is 2. The Morgan fingerprint density at radius 1 is 1.40 bits per heavy atom. The van der Waals surface area contributed by atoms with E-state index in [1.807, 2.05) is 6.92 Å². The SMILES string of the molecule is CC1CCCCN1C(=O)c1cc(F)cc([N+](=O)[O-])c1F. The molecule has 2 rings (SSSR count). The van der Waals surface area contributed by atoms with E-state index in [1.54, 1.807) is 0 Å². The second-order valence-electron chi connectivity index (χ2n) is 4.89. The normalized spacial score (nSPS) is 18.9. The average Bonchev–Trinajstić information content (AvgIpc) is 2.40. The van der Waals surface area contributed by atoms with Gasteiger partial charge in [-0.25, -0.2) is 4.39 Å². The fraction of sp³-hybridized carbons (Fsp3) is 0.462. The van der Waals surface area contributed by atoms with Crippen molar-refractivity contribution in [3.05, 3.63) is 39.4 Å². The van der Waals surface area contributed by atoms with Crippen molar-refractivity contribution in [3.8, 4) is 0 Å². The maximum Gasteiger partial charge on any atom is 0.308 e. The summed E-state index contributed by atoms with van der Waals surface area (Å²) >= 11 is 0. The summed E-state index contributed by atoms with van der Waals surface area (Å²) in [5.41, 5.74) is -1.59. The second kappa shape index (κ2) is 5.52. The monoisotopic (exact) mass is 284 g/mol. The van der Waals surface area contributed by atoms with Gasteiger partial charge in [-0.05, 0) is 32.3 Å². The van der Waals surface area contributed by atoms with Crippen LogP contribution < -0.4 is 0 Å². The number of nitrogens with zero attached hydrogens (tertiary/aromatic N) is 2. The molecule has 1 heterocycles. The lowest BCUT2D eigenvalue weighted by atomic mass is 10.0. The molecule has 1 fully saturated rings. The molecular weight excluding hydrogens is 270 g/mol. The van der Waals surface area contributed by atoms with Gasteiger partial charge in [0, 0.05) is 12.6 Å². The van der Waals surface area contributed by atoms with Crippen LogP contribution in [0.25, 0.3) is 0 Å². The highest BCUT2D eigenvalue weighted by molar-refractivity contribution is 5.95. The molecule has 1 aliphatic heterocycles. The van der Waals surface area contributed by atoms with E-state index in [-0.39, 0.29) is 6.04 Å². The van der Waals surface area contributed by atoms with Crippen molar-refractivity contribution >= 4 is 11.6 Å². The third-order valence-corrected chi connectivity index (χ3v) is 3.51. The first-order valence-electron chi connectivity index (χ1n) is 6.36. The van der Waals surface area contributed by atoms with E-state index < -0.39 is 33.7 Å². The number of hydrogen-bond donors (Lipinski definition) is 0. The first-order valence-corrected chi connectivity index (χ1v) is 6.36. The highest BCUT2D eigenvalue weighted by Crippen LogP contribution is 2.26. The van der Waals surface area contributed by atoms with Gasteiger partial charge in [0.25, 0.3) is 5.91 Å². The Morgan fingerprint density at radius 3 is 2.70 bits per heavy atom. The van der Waals surface area contributed by atoms with Crippen LogP contribution in [0.1, 0.15) is 36.5 Å². The van der Waals surface area contributed by atoms with Gasteiger partial charge < -0.3 is 4.90 Å². The van der Waals surface area contributed by atoms with E-state index in [0.717, 1.165) is 19.3 Å². The molecule has 0 spiro atoms. The van der Waals surface area contributed by atoms with Crippen molar-refractivity contribution in [2.75, 3.05) is 6.54 Å². The molecule has 1 aliphatic rings. The Labute approximate surface area is 114 Å². The maximum absolute atomic E-state index is 14.0. The van der Waals surface area contributed by atoms with Gasteiger partial charge in [0.2, 0.25) is 5.82 Å². The van der Waals surface area contributed by atoms with Crippen molar-refractivity contribution in [2.24, 2.45) is 0 Å². The molecule has 1 saturated heterocycles. The maximum atomic E-state index is 14.0. The number of carbonyl (C=O) groups excluding carboxylic acids is 1. The van der Waals surface area contributed by atoms with Crippen LogP contribution in [0.4, 0.5) is 14.5 Å². The van der Waals surface area contributed by atoms with Crippen LogP contribution in [0.2, 0.25) is 0 Å². The first-order chi connectivity index (χ1) is 9.41. The van der Waals surface area contributed by atoms with Gasteiger partial charge in [-0.1, -0.05) is 0 Å². The Kier molecular flexibility index (Phi) is 3.96. The molecule has 0 radical (unpaired) electrons. The van der Waals surface area contributed by atoms with E-state index in [2.05, 4.69) is 0 Å². The minimum absolute atomic E-state index is 0.0852. The van der Waals surface area contributed by atoms with Gasteiger partial charge in [-0.2, -0.15) is 4.39 Å². The molecule has 20 heavy (non-hydrogen) atoms. The van der Waals surface area contributed by atoms with E-state index in [0.29, 0.717) is 18.7 Å². The van der Waals surface area contributed by atoms with Gasteiger partial charge in [0.15, 0.2) is 0 Å². The number of hydrogen-bond acceptors (Lipinski definition) is 3. The zero-order valence-corrected chi connectivity index (χ0v) is 10.9.